The summed E-state index contributed by atoms with van der Waals surface area (Å²) in [5.41, 5.74) is 5.71. The van der Waals surface area contributed by atoms with Gasteiger partial charge < -0.3 is 20.7 Å². The van der Waals surface area contributed by atoms with Crippen LogP contribution >= 0.6 is 8.69 Å². The first-order valence-corrected chi connectivity index (χ1v) is 6.87. The van der Waals surface area contributed by atoms with Gasteiger partial charge in [-0.2, -0.15) is 14.4 Å². The summed E-state index contributed by atoms with van der Waals surface area (Å²) in [6.07, 6.45) is -4.43. The van der Waals surface area contributed by atoms with E-state index in [0.717, 1.165) is 0 Å². The van der Waals surface area contributed by atoms with E-state index in [4.69, 9.17) is 10.5 Å². The summed E-state index contributed by atoms with van der Waals surface area (Å²) in [5, 5.41) is 20.0. The summed E-state index contributed by atoms with van der Waals surface area (Å²) in [6, 6.07) is 0. The normalized spacial score (nSPS) is 28.7. The number of halogens is 1. The van der Waals surface area contributed by atoms with E-state index in [1.54, 1.807) is 0 Å². The van der Waals surface area contributed by atoms with Crippen molar-refractivity contribution in [3.8, 4) is 0 Å². The molecular formula is C10H11FN5O5P. The van der Waals surface area contributed by atoms with Crippen molar-refractivity contribution in [3.63, 3.8) is 0 Å². The molecule has 4 N–H and O–H groups in total. The van der Waals surface area contributed by atoms with Crippen LogP contribution in [0.25, 0.3) is 11.2 Å². The van der Waals surface area contributed by atoms with E-state index in [1.165, 1.54) is 10.9 Å². The molecule has 0 aliphatic carbocycles. The van der Waals surface area contributed by atoms with Crippen molar-refractivity contribution in [1.82, 2.24) is 19.5 Å². The van der Waals surface area contributed by atoms with Gasteiger partial charge in [-0.15, -0.1) is 0 Å². The molecule has 12 heteroatoms. The summed E-state index contributed by atoms with van der Waals surface area (Å²) >= 11 is 0. The van der Waals surface area contributed by atoms with Gasteiger partial charge in [-0.1, -0.05) is 0 Å². The molecule has 10 nitrogen and oxygen atoms in total. The molecule has 0 amide bonds. The largest absolute Gasteiger partial charge is 0.387 e. The predicted molar refractivity (Wildman–Crippen MR) is 69.2 cm³/mol. The van der Waals surface area contributed by atoms with E-state index in [2.05, 4.69) is 19.5 Å². The minimum atomic E-state index is -1.34. The average Bonchev–Trinajstić information content (AvgIpc) is 3.00. The van der Waals surface area contributed by atoms with Gasteiger partial charge in [-0.05, 0) is 0 Å². The van der Waals surface area contributed by atoms with E-state index < -0.39 is 39.3 Å². The molecule has 1 aliphatic heterocycles. The number of rotatable bonds is 4. The number of anilines is 1. The molecule has 0 saturated carbocycles. The van der Waals surface area contributed by atoms with Crippen LogP contribution in [0.15, 0.2) is 6.33 Å². The van der Waals surface area contributed by atoms with Gasteiger partial charge in [0.15, 0.2) is 23.2 Å². The molecule has 0 aromatic carbocycles. The quantitative estimate of drug-likeness (QED) is 0.493. The number of aliphatic hydroxyl groups excluding tert-OH is 2. The van der Waals surface area contributed by atoms with E-state index in [0.29, 0.717) is 0 Å². The van der Waals surface area contributed by atoms with Crippen LogP contribution in [0.4, 0.5) is 10.2 Å². The Balaban J connectivity index is 1.96. The van der Waals surface area contributed by atoms with E-state index in [-0.39, 0.29) is 23.6 Å². The van der Waals surface area contributed by atoms with E-state index >= 15 is 0 Å². The molecule has 0 unspecified atom stereocenters. The van der Waals surface area contributed by atoms with Crippen LogP contribution in [0.2, 0.25) is 0 Å². The average molecular weight is 331 g/mol. The Morgan fingerprint density at radius 1 is 1.45 bits per heavy atom. The lowest BCUT2D eigenvalue weighted by Gasteiger charge is -2.16. The third-order valence-electron chi connectivity index (χ3n) is 3.32. The minimum absolute atomic E-state index is 0.0183. The van der Waals surface area contributed by atoms with Gasteiger partial charge in [-0.3, -0.25) is 9.09 Å². The lowest BCUT2D eigenvalue weighted by molar-refractivity contribution is -0.0462. The van der Waals surface area contributed by atoms with Crippen LogP contribution < -0.4 is 5.73 Å². The van der Waals surface area contributed by atoms with Crippen molar-refractivity contribution in [3.05, 3.63) is 12.4 Å². The fourth-order valence-electron chi connectivity index (χ4n) is 2.30. The van der Waals surface area contributed by atoms with Crippen molar-refractivity contribution in [2.75, 3.05) is 12.3 Å². The Morgan fingerprint density at radius 2 is 2.23 bits per heavy atom. The molecule has 2 aromatic rings. The second kappa shape index (κ2) is 5.78. The van der Waals surface area contributed by atoms with Crippen molar-refractivity contribution >= 4 is 25.7 Å². The highest BCUT2D eigenvalue weighted by Crippen LogP contribution is 2.32. The fourth-order valence-corrected chi connectivity index (χ4v) is 2.51. The summed E-state index contributed by atoms with van der Waals surface area (Å²) in [4.78, 5) is 10.9. The third-order valence-corrected chi connectivity index (χ3v) is 3.58. The Kier molecular flexibility index (Phi) is 3.98. The number of aliphatic hydroxyl groups is 2. The van der Waals surface area contributed by atoms with Gasteiger partial charge >= 0.3 is 14.8 Å². The second-order valence-electron chi connectivity index (χ2n) is 4.62. The van der Waals surface area contributed by atoms with Crippen LogP contribution in [0, 0.1) is 6.08 Å². The fraction of sp³-hybridized carbons (Fsp3) is 0.500. The number of nitrogen functional groups attached to an aromatic ring is 1. The van der Waals surface area contributed by atoms with Crippen LogP contribution in [-0.4, -0.2) is 54.7 Å². The third kappa shape index (κ3) is 2.42. The van der Waals surface area contributed by atoms with Crippen LogP contribution in [0.5, 0.6) is 0 Å². The van der Waals surface area contributed by atoms with E-state index in [9.17, 15) is 19.2 Å². The van der Waals surface area contributed by atoms with Crippen molar-refractivity contribution in [2.24, 2.45) is 0 Å². The van der Waals surface area contributed by atoms with Crippen molar-refractivity contribution < 1.29 is 28.4 Å². The molecule has 0 bridgehead atoms. The number of aromatic nitrogens is 4. The zero-order chi connectivity index (χ0) is 15.9. The first kappa shape index (κ1) is 15.1. The highest BCUT2D eigenvalue weighted by atomic mass is 31.1. The van der Waals surface area contributed by atoms with Crippen molar-refractivity contribution in [2.45, 2.75) is 24.5 Å². The number of hydrogen-bond acceptors (Lipinski definition) is 9. The molecule has 3 heterocycles. The summed E-state index contributed by atoms with van der Waals surface area (Å²) < 4.78 is 34.9. The number of hydrogen-bond donors (Lipinski definition) is 3. The molecule has 0 radical (unpaired) electrons. The zero-order valence-corrected chi connectivity index (χ0v) is 11.8. The molecule has 4 atom stereocenters. The zero-order valence-electron chi connectivity index (χ0n) is 10.9. The number of nitrogens with zero attached hydrogens (tertiary/aromatic N) is 4. The summed E-state index contributed by atoms with van der Waals surface area (Å²) in [6.45, 7) is -0.197. The van der Waals surface area contributed by atoms with Gasteiger partial charge in [0.25, 0.3) is 0 Å². The number of nitrogens with two attached hydrogens (primary N) is 1. The number of fused-ring (bicyclic) bond motifs is 1. The first-order chi connectivity index (χ1) is 10.5. The smallest absolute Gasteiger partial charge is 0.327 e. The monoisotopic (exact) mass is 331 g/mol. The molecular weight excluding hydrogens is 320 g/mol. The van der Waals surface area contributed by atoms with Gasteiger partial charge in [-0.25, -0.2) is 9.55 Å². The predicted octanol–water partition coefficient (Wildman–Crippen LogP) is -0.610. The number of ether oxygens (including phenoxy) is 1. The molecule has 2 aromatic heterocycles. The molecule has 118 valence electrons. The Morgan fingerprint density at radius 3 is 2.95 bits per heavy atom. The van der Waals surface area contributed by atoms with Crippen molar-refractivity contribution in [1.29, 1.82) is 0 Å². The summed E-state index contributed by atoms with van der Waals surface area (Å²) in [7, 11) is -0.574. The van der Waals surface area contributed by atoms with Gasteiger partial charge in [0.1, 0.15) is 18.3 Å². The van der Waals surface area contributed by atoms with Gasteiger partial charge in [0.2, 0.25) is 0 Å². The first-order valence-electron chi connectivity index (χ1n) is 6.14. The highest BCUT2D eigenvalue weighted by Gasteiger charge is 2.44. The van der Waals surface area contributed by atoms with Crippen LogP contribution in [0.3, 0.4) is 0 Å². The van der Waals surface area contributed by atoms with Gasteiger partial charge in [0.05, 0.1) is 12.9 Å². The Bertz CT molecular complexity index is 714. The highest BCUT2D eigenvalue weighted by molar-refractivity contribution is 7.17. The molecule has 1 saturated heterocycles. The standard InChI is InChI=1S/C10H11FN5O5P/c11-10-14-7(12)4-8(15-10)16(2-13-4)9-6(18)5(17)3(21-9)1-20-22-19/h2-3,5-6,9,17-18H,1H2,(H2,12,14,15)/t3-,5-,6-,9-/m1/s1. The Hall–Kier alpha value is -1.78. The molecule has 22 heavy (non-hydrogen) atoms. The van der Waals surface area contributed by atoms with Crippen LogP contribution in [0.1, 0.15) is 6.23 Å². The lowest BCUT2D eigenvalue weighted by Crippen LogP contribution is -2.33. The summed E-state index contributed by atoms with van der Waals surface area (Å²) in [5.74, 6) is -0.153. The number of imidazole rings is 1. The maximum absolute atomic E-state index is 13.3. The lowest BCUT2D eigenvalue weighted by atomic mass is 10.1. The maximum atomic E-state index is 13.3. The van der Waals surface area contributed by atoms with Crippen LogP contribution in [-0.2, 0) is 13.8 Å². The second-order valence-corrected chi connectivity index (χ2v) is 5.03. The molecule has 1 fully saturated rings. The molecule has 3 rings (SSSR count). The Labute approximate surface area is 124 Å². The SMILES string of the molecule is Nc1nc(F)nc2c1ncn2[C@@H]1O[C@H](COP=O)[C@@H](O)[C@H]1O. The minimum Gasteiger partial charge on any atom is -0.387 e. The molecule has 1 aliphatic rings. The van der Waals surface area contributed by atoms with E-state index in [1.807, 2.05) is 0 Å². The molecule has 0 spiro atoms. The van der Waals surface area contributed by atoms with Gasteiger partial charge in [0, 0.05) is 0 Å². The topological polar surface area (TPSA) is 146 Å². The maximum Gasteiger partial charge on any atom is 0.327 e.